The number of hydrogen-bond donors (Lipinski definition) is 0. The molecule has 3 unspecified atom stereocenters. The first-order chi connectivity index (χ1) is 8.65. The highest BCUT2D eigenvalue weighted by molar-refractivity contribution is 5.81. The van der Waals surface area contributed by atoms with Crippen LogP contribution in [0.2, 0.25) is 0 Å². The maximum atomic E-state index is 10.8. The fraction of sp³-hybridized carbons (Fsp3) is 0.688. The van der Waals surface area contributed by atoms with Crippen LogP contribution in [0.3, 0.4) is 0 Å². The lowest BCUT2D eigenvalue weighted by Gasteiger charge is -2.30. The SMILES string of the molecule is C=CC(=O)OCCCCCC1CC=CC(C)C1C. The first kappa shape index (κ1) is 15.0. The molecule has 2 heteroatoms. The Morgan fingerprint density at radius 3 is 2.89 bits per heavy atom. The van der Waals surface area contributed by atoms with Gasteiger partial charge in [-0.3, -0.25) is 0 Å². The van der Waals surface area contributed by atoms with Crippen molar-refractivity contribution in [1.29, 1.82) is 0 Å². The molecule has 0 aliphatic heterocycles. The van der Waals surface area contributed by atoms with Crippen LogP contribution in [0.25, 0.3) is 0 Å². The first-order valence-electron chi connectivity index (χ1n) is 7.11. The molecule has 0 bridgehead atoms. The van der Waals surface area contributed by atoms with Crippen LogP contribution in [0.5, 0.6) is 0 Å². The number of allylic oxidation sites excluding steroid dienone is 2. The van der Waals surface area contributed by atoms with Crippen molar-refractivity contribution in [3.8, 4) is 0 Å². The summed E-state index contributed by atoms with van der Waals surface area (Å²) in [5, 5.41) is 0. The summed E-state index contributed by atoms with van der Waals surface area (Å²) < 4.78 is 4.95. The Bertz CT molecular complexity index is 293. The molecule has 3 atom stereocenters. The Kier molecular flexibility index (Phi) is 6.77. The van der Waals surface area contributed by atoms with Crippen LogP contribution in [-0.2, 0) is 9.53 Å². The summed E-state index contributed by atoms with van der Waals surface area (Å²) in [4.78, 5) is 10.8. The van der Waals surface area contributed by atoms with E-state index in [9.17, 15) is 4.79 Å². The van der Waals surface area contributed by atoms with Crippen molar-refractivity contribution < 1.29 is 9.53 Å². The maximum absolute atomic E-state index is 10.8. The highest BCUT2D eigenvalue weighted by Gasteiger charge is 2.22. The molecular weight excluding hydrogens is 224 g/mol. The largest absolute Gasteiger partial charge is 0.463 e. The van der Waals surface area contributed by atoms with E-state index in [2.05, 4.69) is 32.6 Å². The summed E-state index contributed by atoms with van der Waals surface area (Å²) >= 11 is 0. The second-order valence-electron chi connectivity index (χ2n) is 5.36. The lowest BCUT2D eigenvalue weighted by Crippen LogP contribution is -2.20. The van der Waals surface area contributed by atoms with Gasteiger partial charge in [-0.2, -0.15) is 0 Å². The number of carbonyl (C=O) groups is 1. The Labute approximate surface area is 111 Å². The number of esters is 1. The molecule has 0 aromatic carbocycles. The van der Waals surface area contributed by atoms with Gasteiger partial charge in [-0.1, -0.05) is 45.4 Å². The lowest BCUT2D eigenvalue weighted by molar-refractivity contribution is -0.137. The van der Waals surface area contributed by atoms with E-state index in [4.69, 9.17) is 4.74 Å². The minimum atomic E-state index is -0.310. The molecule has 0 N–H and O–H groups in total. The maximum Gasteiger partial charge on any atom is 0.330 e. The van der Waals surface area contributed by atoms with E-state index in [1.165, 1.54) is 25.3 Å². The van der Waals surface area contributed by atoms with Gasteiger partial charge < -0.3 is 4.74 Å². The van der Waals surface area contributed by atoms with Gasteiger partial charge in [0.25, 0.3) is 0 Å². The van der Waals surface area contributed by atoms with E-state index in [-0.39, 0.29) is 5.97 Å². The third-order valence-corrected chi connectivity index (χ3v) is 4.08. The third kappa shape index (κ3) is 5.07. The van der Waals surface area contributed by atoms with Crippen molar-refractivity contribution in [3.05, 3.63) is 24.8 Å². The van der Waals surface area contributed by atoms with Gasteiger partial charge in [-0.15, -0.1) is 0 Å². The van der Waals surface area contributed by atoms with Crippen molar-refractivity contribution in [3.63, 3.8) is 0 Å². The van der Waals surface area contributed by atoms with Gasteiger partial charge in [-0.25, -0.2) is 4.79 Å². The van der Waals surface area contributed by atoms with Gasteiger partial charge in [0.1, 0.15) is 0 Å². The predicted octanol–water partition coefficient (Wildman–Crippen LogP) is 4.12. The Balaban J connectivity index is 2.06. The Morgan fingerprint density at radius 1 is 1.39 bits per heavy atom. The first-order valence-corrected chi connectivity index (χ1v) is 7.11. The summed E-state index contributed by atoms with van der Waals surface area (Å²) in [7, 11) is 0. The molecule has 18 heavy (non-hydrogen) atoms. The topological polar surface area (TPSA) is 26.3 Å². The molecule has 0 fully saturated rings. The third-order valence-electron chi connectivity index (χ3n) is 4.08. The molecule has 0 saturated heterocycles. The molecule has 0 radical (unpaired) electrons. The monoisotopic (exact) mass is 250 g/mol. The van der Waals surface area contributed by atoms with Crippen molar-refractivity contribution in [2.75, 3.05) is 6.61 Å². The summed E-state index contributed by atoms with van der Waals surface area (Å²) in [6, 6.07) is 0. The summed E-state index contributed by atoms with van der Waals surface area (Å²) in [6.07, 6.45) is 11.8. The average molecular weight is 250 g/mol. The second-order valence-corrected chi connectivity index (χ2v) is 5.36. The highest BCUT2D eigenvalue weighted by atomic mass is 16.5. The number of rotatable bonds is 7. The van der Waals surface area contributed by atoms with E-state index < -0.39 is 0 Å². The van der Waals surface area contributed by atoms with E-state index in [1.54, 1.807) is 0 Å². The molecule has 1 rings (SSSR count). The predicted molar refractivity (Wildman–Crippen MR) is 75.2 cm³/mol. The van der Waals surface area contributed by atoms with E-state index >= 15 is 0 Å². The molecule has 0 heterocycles. The van der Waals surface area contributed by atoms with Crippen molar-refractivity contribution in [2.45, 2.75) is 46.0 Å². The van der Waals surface area contributed by atoms with Crippen LogP contribution in [0.1, 0.15) is 46.0 Å². The number of hydrogen-bond acceptors (Lipinski definition) is 2. The van der Waals surface area contributed by atoms with E-state index in [0.717, 1.165) is 30.6 Å². The zero-order valence-electron chi connectivity index (χ0n) is 11.7. The number of ether oxygens (including phenoxy) is 1. The van der Waals surface area contributed by atoms with Gasteiger partial charge >= 0.3 is 5.97 Å². The molecule has 1 aliphatic rings. The molecule has 102 valence electrons. The smallest absolute Gasteiger partial charge is 0.330 e. The van der Waals surface area contributed by atoms with Gasteiger partial charge in [0, 0.05) is 6.08 Å². The molecule has 0 amide bonds. The van der Waals surface area contributed by atoms with E-state index in [0.29, 0.717) is 6.61 Å². The minimum absolute atomic E-state index is 0.310. The van der Waals surface area contributed by atoms with Crippen molar-refractivity contribution in [2.24, 2.45) is 17.8 Å². The normalized spacial score (nSPS) is 26.9. The molecule has 1 aliphatic carbocycles. The van der Waals surface area contributed by atoms with Crippen molar-refractivity contribution in [1.82, 2.24) is 0 Å². The van der Waals surface area contributed by atoms with Crippen LogP contribution >= 0.6 is 0 Å². The van der Waals surface area contributed by atoms with Crippen LogP contribution in [0.4, 0.5) is 0 Å². The van der Waals surface area contributed by atoms with Crippen LogP contribution in [-0.4, -0.2) is 12.6 Å². The van der Waals surface area contributed by atoms with Gasteiger partial charge in [0.2, 0.25) is 0 Å². The quantitative estimate of drug-likeness (QED) is 0.294. The molecule has 0 spiro atoms. The van der Waals surface area contributed by atoms with Crippen LogP contribution in [0.15, 0.2) is 24.8 Å². The highest BCUT2D eigenvalue weighted by Crippen LogP contribution is 2.33. The summed E-state index contributed by atoms with van der Waals surface area (Å²) in [5.41, 5.74) is 0. The second kappa shape index (κ2) is 8.12. The fourth-order valence-corrected chi connectivity index (χ4v) is 2.59. The Morgan fingerprint density at radius 2 is 2.17 bits per heavy atom. The van der Waals surface area contributed by atoms with Crippen molar-refractivity contribution >= 4 is 5.97 Å². The fourth-order valence-electron chi connectivity index (χ4n) is 2.59. The van der Waals surface area contributed by atoms with Gasteiger partial charge in [-0.05, 0) is 37.0 Å². The molecule has 2 nitrogen and oxygen atoms in total. The minimum Gasteiger partial charge on any atom is -0.463 e. The lowest BCUT2D eigenvalue weighted by atomic mass is 9.75. The van der Waals surface area contributed by atoms with Gasteiger partial charge in [0.15, 0.2) is 0 Å². The standard InChI is InChI=1S/C16H26O2/c1-4-16(17)18-12-7-5-6-10-15-11-8-9-13(2)14(15)3/h4,8-9,13-15H,1,5-7,10-12H2,2-3H3. The molecule has 0 saturated carbocycles. The zero-order chi connectivity index (χ0) is 13.4. The Hall–Kier alpha value is -1.05. The number of carbonyl (C=O) groups excluding carboxylic acids is 1. The number of unbranched alkanes of at least 4 members (excludes halogenated alkanes) is 2. The molecule has 0 aromatic heterocycles. The summed E-state index contributed by atoms with van der Waals surface area (Å²) in [5.74, 6) is 2.04. The molecule has 0 aromatic rings. The zero-order valence-corrected chi connectivity index (χ0v) is 11.7. The van der Waals surface area contributed by atoms with E-state index in [1.807, 2.05) is 0 Å². The van der Waals surface area contributed by atoms with Gasteiger partial charge in [0.05, 0.1) is 6.61 Å². The summed E-state index contributed by atoms with van der Waals surface area (Å²) in [6.45, 7) is 8.57. The van der Waals surface area contributed by atoms with Crippen LogP contribution < -0.4 is 0 Å². The average Bonchev–Trinajstić information content (AvgIpc) is 2.38. The molecular formula is C16H26O2. The van der Waals surface area contributed by atoms with Crippen LogP contribution in [0, 0.1) is 17.8 Å².